The average Bonchev–Trinajstić information content (AvgIpc) is 2.39. The molecule has 1 aliphatic rings. The zero-order valence-corrected chi connectivity index (χ0v) is 14.1. The van der Waals surface area contributed by atoms with Crippen molar-refractivity contribution >= 4 is 21.6 Å². The van der Waals surface area contributed by atoms with Crippen LogP contribution in [0.1, 0.15) is 43.0 Å². The van der Waals surface area contributed by atoms with Crippen LogP contribution < -0.4 is 5.32 Å². The maximum absolute atomic E-state index is 13.7. The van der Waals surface area contributed by atoms with Crippen LogP contribution in [0.3, 0.4) is 0 Å². The van der Waals surface area contributed by atoms with Gasteiger partial charge in [-0.05, 0) is 59.7 Å². The van der Waals surface area contributed by atoms with Crippen LogP contribution in [0.2, 0.25) is 0 Å². The van der Waals surface area contributed by atoms with Gasteiger partial charge in [-0.2, -0.15) is 0 Å². The van der Waals surface area contributed by atoms with E-state index in [1.807, 2.05) is 13.0 Å². The largest absolute Gasteiger partial charge is 0.378 e. The molecule has 1 unspecified atom stereocenters. The summed E-state index contributed by atoms with van der Waals surface area (Å²) in [5.41, 5.74) is 4.33. The van der Waals surface area contributed by atoms with Gasteiger partial charge in [0.15, 0.2) is 0 Å². The minimum Gasteiger partial charge on any atom is -0.378 e. The average molecular weight is 348 g/mol. The third-order valence-electron chi connectivity index (χ3n) is 4.31. The lowest BCUT2D eigenvalue weighted by molar-refractivity contribution is 0.423. The third kappa shape index (κ3) is 2.71. The van der Waals surface area contributed by atoms with E-state index in [0.717, 1.165) is 27.7 Å². The van der Waals surface area contributed by atoms with Gasteiger partial charge >= 0.3 is 0 Å². The molecule has 110 valence electrons. The lowest BCUT2D eigenvalue weighted by Crippen LogP contribution is -2.31. The Morgan fingerprint density at radius 3 is 2.71 bits per heavy atom. The fourth-order valence-electron chi connectivity index (χ4n) is 3.24. The minimum atomic E-state index is -0.151. The van der Waals surface area contributed by atoms with Crippen molar-refractivity contribution in [2.24, 2.45) is 0 Å². The lowest BCUT2D eigenvalue weighted by atomic mass is 9.73. The fraction of sp³-hybridized carbons (Fsp3) is 0.333. The first kappa shape index (κ1) is 14.6. The Kier molecular flexibility index (Phi) is 3.56. The van der Waals surface area contributed by atoms with E-state index >= 15 is 0 Å². The Labute approximate surface area is 133 Å². The van der Waals surface area contributed by atoms with Crippen molar-refractivity contribution in [3.05, 3.63) is 63.4 Å². The molecule has 0 aromatic heterocycles. The Hall–Kier alpha value is -1.35. The third-order valence-corrected chi connectivity index (χ3v) is 4.81. The van der Waals surface area contributed by atoms with Crippen molar-refractivity contribution in [1.82, 2.24) is 0 Å². The maximum Gasteiger partial charge on any atom is 0.123 e. The van der Waals surface area contributed by atoms with E-state index in [1.54, 1.807) is 12.1 Å². The van der Waals surface area contributed by atoms with Gasteiger partial charge in [0.1, 0.15) is 5.82 Å². The fourth-order valence-corrected chi connectivity index (χ4v) is 3.66. The number of rotatable bonds is 1. The molecule has 1 heterocycles. The molecule has 0 radical (unpaired) electrons. The Balaban J connectivity index is 2.07. The summed E-state index contributed by atoms with van der Waals surface area (Å²) < 4.78 is 14.8. The molecule has 1 atom stereocenters. The topological polar surface area (TPSA) is 12.0 Å². The zero-order valence-electron chi connectivity index (χ0n) is 12.5. The van der Waals surface area contributed by atoms with Crippen LogP contribution in [0.4, 0.5) is 10.1 Å². The van der Waals surface area contributed by atoms with Gasteiger partial charge in [-0.15, -0.1) is 0 Å². The maximum atomic E-state index is 13.7. The second-order valence-electron chi connectivity index (χ2n) is 6.49. The van der Waals surface area contributed by atoms with Crippen LogP contribution in [0, 0.1) is 12.7 Å². The Morgan fingerprint density at radius 1 is 1.24 bits per heavy atom. The number of anilines is 1. The highest BCUT2D eigenvalue weighted by Gasteiger charge is 2.34. The van der Waals surface area contributed by atoms with E-state index in [2.05, 4.69) is 53.3 Å². The molecular formula is C18H19BrFN. The first-order valence-corrected chi connectivity index (χ1v) is 7.99. The number of benzene rings is 2. The van der Waals surface area contributed by atoms with Gasteiger partial charge in [0.2, 0.25) is 0 Å². The van der Waals surface area contributed by atoms with Crippen molar-refractivity contribution < 1.29 is 4.39 Å². The summed E-state index contributed by atoms with van der Waals surface area (Å²) in [6.45, 7) is 6.35. The number of halogens is 2. The molecule has 21 heavy (non-hydrogen) atoms. The van der Waals surface area contributed by atoms with Crippen LogP contribution in [0.25, 0.3) is 0 Å². The van der Waals surface area contributed by atoms with Crippen LogP contribution in [0.5, 0.6) is 0 Å². The summed E-state index contributed by atoms with van der Waals surface area (Å²) >= 11 is 3.54. The molecule has 0 bridgehead atoms. The standard InChI is InChI=1S/C18H19BrFN/c1-11-7-14(20)9-15-17(11)21-16(10-18(15,2)3)12-5-4-6-13(19)8-12/h4-9,16,21H,10H2,1-3H3. The van der Waals surface area contributed by atoms with Gasteiger partial charge in [0.25, 0.3) is 0 Å². The molecule has 0 spiro atoms. The second kappa shape index (κ2) is 5.13. The summed E-state index contributed by atoms with van der Waals surface area (Å²) in [5, 5.41) is 3.60. The summed E-state index contributed by atoms with van der Waals surface area (Å²) in [4.78, 5) is 0. The molecule has 0 amide bonds. The molecule has 3 heteroatoms. The zero-order chi connectivity index (χ0) is 15.2. The van der Waals surface area contributed by atoms with E-state index < -0.39 is 0 Å². The van der Waals surface area contributed by atoms with E-state index in [4.69, 9.17) is 0 Å². The Bertz CT molecular complexity index is 694. The normalized spacial score (nSPS) is 19.8. The molecule has 1 aliphatic heterocycles. The molecule has 0 fully saturated rings. The summed E-state index contributed by atoms with van der Waals surface area (Å²) in [6, 6.07) is 11.9. The summed E-state index contributed by atoms with van der Waals surface area (Å²) in [6.07, 6.45) is 0.944. The van der Waals surface area contributed by atoms with Crippen molar-refractivity contribution in [3.63, 3.8) is 0 Å². The highest BCUT2D eigenvalue weighted by molar-refractivity contribution is 9.10. The molecular weight excluding hydrogens is 329 g/mol. The lowest BCUT2D eigenvalue weighted by Gasteiger charge is -2.39. The smallest absolute Gasteiger partial charge is 0.123 e. The number of fused-ring (bicyclic) bond motifs is 1. The predicted molar refractivity (Wildman–Crippen MR) is 89.3 cm³/mol. The van der Waals surface area contributed by atoms with Gasteiger partial charge in [0.05, 0.1) is 6.04 Å². The summed E-state index contributed by atoms with van der Waals surface area (Å²) in [7, 11) is 0. The predicted octanol–water partition coefficient (Wildman–Crippen LogP) is 5.73. The number of hydrogen-bond donors (Lipinski definition) is 1. The van der Waals surface area contributed by atoms with Gasteiger partial charge in [0, 0.05) is 10.2 Å². The summed E-state index contributed by atoms with van der Waals surface area (Å²) in [5.74, 6) is -0.151. The van der Waals surface area contributed by atoms with E-state index in [1.165, 1.54) is 5.56 Å². The van der Waals surface area contributed by atoms with E-state index in [0.29, 0.717) is 0 Å². The molecule has 3 rings (SSSR count). The second-order valence-corrected chi connectivity index (χ2v) is 7.40. The molecule has 1 N–H and O–H groups in total. The SMILES string of the molecule is Cc1cc(F)cc2c1NC(c1cccc(Br)c1)CC2(C)C. The van der Waals surface area contributed by atoms with Crippen LogP contribution in [0.15, 0.2) is 40.9 Å². The van der Waals surface area contributed by atoms with Crippen LogP contribution >= 0.6 is 15.9 Å². The van der Waals surface area contributed by atoms with Crippen LogP contribution in [-0.2, 0) is 5.41 Å². The van der Waals surface area contributed by atoms with E-state index in [-0.39, 0.29) is 17.3 Å². The number of aryl methyl sites for hydroxylation is 1. The quantitative estimate of drug-likeness (QED) is 0.694. The van der Waals surface area contributed by atoms with Gasteiger partial charge in [-0.25, -0.2) is 4.39 Å². The molecule has 2 aromatic rings. The van der Waals surface area contributed by atoms with Crippen molar-refractivity contribution in [2.75, 3.05) is 5.32 Å². The number of nitrogens with one attached hydrogen (secondary N) is 1. The molecule has 0 saturated heterocycles. The van der Waals surface area contributed by atoms with Gasteiger partial charge < -0.3 is 5.32 Å². The number of hydrogen-bond acceptors (Lipinski definition) is 1. The first-order valence-electron chi connectivity index (χ1n) is 7.19. The van der Waals surface area contributed by atoms with Crippen LogP contribution in [-0.4, -0.2) is 0 Å². The Morgan fingerprint density at radius 2 is 2.00 bits per heavy atom. The van der Waals surface area contributed by atoms with Crippen molar-refractivity contribution in [1.29, 1.82) is 0 Å². The van der Waals surface area contributed by atoms with E-state index in [9.17, 15) is 4.39 Å². The molecule has 1 nitrogen and oxygen atoms in total. The van der Waals surface area contributed by atoms with Gasteiger partial charge in [-0.3, -0.25) is 0 Å². The van der Waals surface area contributed by atoms with Crippen molar-refractivity contribution in [2.45, 2.75) is 38.6 Å². The first-order chi connectivity index (χ1) is 9.87. The monoisotopic (exact) mass is 347 g/mol. The molecule has 0 aliphatic carbocycles. The minimum absolute atomic E-state index is 0.0551. The highest BCUT2D eigenvalue weighted by atomic mass is 79.9. The molecule has 0 saturated carbocycles. The molecule has 2 aromatic carbocycles. The van der Waals surface area contributed by atoms with Crippen molar-refractivity contribution in [3.8, 4) is 0 Å². The van der Waals surface area contributed by atoms with Gasteiger partial charge in [-0.1, -0.05) is 41.9 Å². The highest BCUT2D eigenvalue weighted by Crippen LogP contribution is 2.45.